The Hall–Kier alpha value is -0.520. The van der Waals surface area contributed by atoms with Crippen molar-refractivity contribution in [2.24, 2.45) is 0 Å². The van der Waals surface area contributed by atoms with Crippen LogP contribution in [-0.2, 0) is 0 Å². The van der Waals surface area contributed by atoms with E-state index < -0.39 is 0 Å². The summed E-state index contributed by atoms with van der Waals surface area (Å²) in [5.74, 6) is 0. The second-order valence-electron chi connectivity index (χ2n) is 3.83. The van der Waals surface area contributed by atoms with Crippen molar-refractivity contribution >= 4 is 0 Å². The molecule has 0 aromatic rings. The maximum atomic E-state index is 2.38. The van der Waals surface area contributed by atoms with E-state index in [2.05, 4.69) is 32.4 Å². The van der Waals surface area contributed by atoms with E-state index in [-0.39, 0.29) is 0 Å². The fraction of sp³-hybridized carbons (Fsp3) is 0.615. The Balaban J connectivity index is 2.24. The lowest BCUT2D eigenvalue weighted by atomic mass is 10.1. The Morgan fingerprint density at radius 1 is 0.923 bits per heavy atom. The largest absolute Gasteiger partial charge is 0.0732 e. The number of allylic oxidation sites excluding steroid dienone is 4. The van der Waals surface area contributed by atoms with Crippen LogP contribution < -0.4 is 0 Å². The van der Waals surface area contributed by atoms with Crippen LogP contribution in [0.2, 0.25) is 0 Å². The lowest BCUT2D eigenvalue weighted by Gasteiger charge is -1.98. The minimum absolute atomic E-state index is 1.27. The highest BCUT2D eigenvalue weighted by Gasteiger charge is 2.05. The monoisotopic (exact) mass is 177 g/mol. The lowest BCUT2D eigenvalue weighted by molar-refractivity contribution is 0.789. The topological polar surface area (TPSA) is 0 Å². The van der Waals surface area contributed by atoms with Crippen LogP contribution in [0.3, 0.4) is 0 Å². The highest BCUT2D eigenvalue weighted by Crippen LogP contribution is 2.24. The first-order valence-corrected chi connectivity index (χ1v) is 5.61. The van der Waals surface area contributed by atoms with Gasteiger partial charge in [-0.15, -0.1) is 0 Å². The van der Waals surface area contributed by atoms with Crippen molar-refractivity contribution in [3.63, 3.8) is 0 Å². The van der Waals surface area contributed by atoms with Crippen LogP contribution in [0, 0.1) is 6.42 Å². The van der Waals surface area contributed by atoms with Gasteiger partial charge in [-0.2, -0.15) is 0 Å². The van der Waals surface area contributed by atoms with Gasteiger partial charge in [0, 0.05) is 6.42 Å². The van der Waals surface area contributed by atoms with E-state index in [1.807, 2.05) is 0 Å². The van der Waals surface area contributed by atoms with Gasteiger partial charge in [-0.3, -0.25) is 0 Å². The van der Waals surface area contributed by atoms with E-state index in [0.717, 1.165) is 0 Å². The van der Waals surface area contributed by atoms with Crippen molar-refractivity contribution in [1.29, 1.82) is 0 Å². The van der Waals surface area contributed by atoms with E-state index in [9.17, 15) is 0 Å². The quantitative estimate of drug-likeness (QED) is 0.562. The molecule has 13 heavy (non-hydrogen) atoms. The summed E-state index contributed by atoms with van der Waals surface area (Å²) in [6.07, 6.45) is 14.8. The minimum atomic E-state index is 1.27. The summed E-state index contributed by atoms with van der Waals surface area (Å²) in [6, 6.07) is 0. The van der Waals surface area contributed by atoms with Gasteiger partial charge in [0.05, 0.1) is 0 Å². The van der Waals surface area contributed by atoms with Crippen LogP contribution in [0.25, 0.3) is 0 Å². The van der Waals surface area contributed by atoms with Gasteiger partial charge in [0.2, 0.25) is 0 Å². The smallest absolute Gasteiger partial charge is 0.00863 e. The van der Waals surface area contributed by atoms with Crippen LogP contribution in [-0.4, -0.2) is 0 Å². The van der Waals surface area contributed by atoms with Gasteiger partial charge < -0.3 is 0 Å². The Morgan fingerprint density at radius 2 is 1.54 bits per heavy atom. The average Bonchev–Trinajstić information content (AvgIpc) is 2.59. The van der Waals surface area contributed by atoms with E-state index in [0.29, 0.717) is 0 Å². The number of hydrogen-bond acceptors (Lipinski definition) is 0. The SMILES string of the molecule is CCCCC1=CC(CCCC)=C[CH]1. The summed E-state index contributed by atoms with van der Waals surface area (Å²) in [5, 5.41) is 0. The molecule has 0 unspecified atom stereocenters. The summed E-state index contributed by atoms with van der Waals surface area (Å²) >= 11 is 0. The summed E-state index contributed by atoms with van der Waals surface area (Å²) in [6.45, 7) is 4.50. The molecule has 1 rings (SSSR count). The Kier molecular flexibility index (Phi) is 4.88. The molecule has 0 N–H and O–H groups in total. The molecule has 73 valence electrons. The molecule has 0 aliphatic heterocycles. The molecule has 1 radical (unpaired) electrons. The maximum absolute atomic E-state index is 2.38. The molecule has 0 fully saturated rings. The van der Waals surface area contributed by atoms with E-state index in [1.165, 1.54) is 49.7 Å². The first-order valence-electron chi connectivity index (χ1n) is 5.61. The molecular weight excluding hydrogens is 156 g/mol. The second-order valence-corrected chi connectivity index (χ2v) is 3.83. The summed E-state index contributed by atoms with van der Waals surface area (Å²) in [7, 11) is 0. The molecule has 1 aliphatic rings. The zero-order valence-electron chi connectivity index (χ0n) is 8.97. The van der Waals surface area contributed by atoms with Gasteiger partial charge in [-0.05, 0) is 25.7 Å². The van der Waals surface area contributed by atoms with Crippen molar-refractivity contribution in [2.75, 3.05) is 0 Å². The molecule has 0 saturated carbocycles. The Morgan fingerprint density at radius 3 is 2.15 bits per heavy atom. The van der Waals surface area contributed by atoms with E-state index in [4.69, 9.17) is 0 Å². The summed E-state index contributed by atoms with van der Waals surface area (Å²) < 4.78 is 0. The van der Waals surface area contributed by atoms with Crippen molar-refractivity contribution in [3.05, 3.63) is 29.7 Å². The van der Waals surface area contributed by atoms with E-state index >= 15 is 0 Å². The first kappa shape index (κ1) is 10.6. The molecule has 0 aromatic carbocycles. The summed E-state index contributed by atoms with van der Waals surface area (Å²) in [4.78, 5) is 0. The average molecular weight is 177 g/mol. The highest BCUT2D eigenvalue weighted by molar-refractivity contribution is 5.40. The van der Waals surface area contributed by atoms with Gasteiger partial charge in [0.25, 0.3) is 0 Å². The molecule has 0 heteroatoms. The van der Waals surface area contributed by atoms with Crippen molar-refractivity contribution in [1.82, 2.24) is 0 Å². The van der Waals surface area contributed by atoms with Crippen molar-refractivity contribution < 1.29 is 0 Å². The molecule has 0 bridgehead atoms. The molecule has 0 aromatic heterocycles. The molecule has 0 saturated heterocycles. The van der Waals surface area contributed by atoms with Crippen LogP contribution in [0.1, 0.15) is 52.4 Å². The van der Waals surface area contributed by atoms with Crippen molar-refractivity contribution in [2.45, 2.75) is 52.4 Å². The molecule has 0 atom stereocenters. The van der Waals surface area contributed by atoms with Crippen LogP contribution in [0.5, 0.6) is 0 Å². The molecule has 0 amide bonds. The minimum Gasteiger partial charge on any atom is -0.0732 e. The molecule has 0 spiro atoms. The molecule has 0 nitrogen and oxygen atoms in total. The highest BCUT2D eigenvalue weighted by atomic mass is 14.1. The maximum Gasteiger partial charge on any atom is 0.00863 e. The fourth-order valence-electron chi connectivity index (χ4n) is 1.62. The molecular formula is C13H21. The van der Waals surface area contributed by atoms with Crippen LogP contribution in [0.4, 0.5) is 0 Å². The van der Waals surface area contributed by atoms with Crippen molar-refractivity contribution in [3.8, 4) is 0 Å². The van der Waals surface area contributed by atoms with Crippen LogP contribution >= 0.6 is 0 Å². The number of hydrogen-bond donors (Lipinski definition) is 0. The molecule has 0 heterocycles. The van der Waals surface area contributed by atoms with Gasteiger partial charge in [0.15, 0.2) is 0 Å². The lowest BCUT2D eigenvalue weighted by Crippen LogP contribution is -1.79. The predicted molar refractivity (Wildman–Crippen MR) is 59.5 cm³/mol. The first-order chi connectivity index (χ1) is 6.36. The number of rotatable bonds is 6. The third-order valence-electron chi connectivity index (χ3n) is 2.52. The summed E-state index contributed by atoms with van der Waals surface area (Å²) in [5.41, 5.74) is 3.07. The normalized spacial score (nSPS) is 15.8. The van der Waals surface area contributed by atoms with Gasteiger partial charge in [-0.1, -0.05) is 50.0 Å². The standard InChI is InChI=1S/C13H21/c1-3-5-7-12-9-10-13(11-12)8-6-4-2/h9-11H,3-8H2,1-2H3. The Labute approximate surface area is 82.7 Å². The van der Waals surface area contributed by atoms with E-state index in [1.54, 1.807) is 0 Å². The zero-order chi connectivity index (χ0) is 9.52. The van der Waals surface area contributed by atoms with Crippen LogP contribution in [0.15, 0.2) is 23.3 Å². The molecule has 1 aliphatic carbocycles. The van der Waals surface area contributed by atoms with Gasteiger partial charge >= 0.3 is 0 Å². The third-order valence-corrected chi connectivity index (χ3v) is 2.52. The zero-order valence-corrected chi connectivity index (χ0v) is 8.97. The number of unbranched alkanes of at least 4 members (excludes halogenated alkanes) is 2. The predicted octanol–water partition coefficient (Wildman–Crippen LogP) is 4.44. The van der Waals surface area contributed by atoms with Gasteiger partial charge in [0.1, 0.15) is 0 Å². The third kappa shape index (κ3) is 3.80. The Bertz CT molecular complexity index is 196. The fourth-order valence-corrected chi connectivity index (χ4v) is 1.62. The van der Waals surface area contributed by atoms with Gasteiger partial charge in [-0.25, -0.2) is 0 Å². The second kappa shape index (κ2) is 6.01.